The average molecular weight is 222 g/mol. The van der Waals surface area contributed by atoms with Crippen LogP contribution in [0.1, 0.15) is 5.56 Å². The number of aryl methyl sites for hydroxylation is 1. The van der Waals surface area contributed by atoms with E-state index in [9.17, 15) is 10.1 Å². The number of ether oxygens (including phenoxy) is 1. The van der Waals surface area contributed by atoms with Crippen molar-refractivity contribution in [3.63, 3.8) is 0 Å². The molecule has 16 heavy (non-hydrogen) atoms. The molecule has 86 valence electrons. The summed E-state index contributed by atoms with van der Waals surface area (Å²) in [5, 5.41) is 10.8. The van der Waals surface area contributed by atoms with Gasteiger partial charge in [-0.25, -0.2) is 0 Å². The lowest BCUT2D eigenvalue weighted by molar-refractivity contribution is -0.384. The summed E-state index contributed by atoms with van der Waals surface area (Å²) < 4.78 is 5.25. The second-order valence-corrected chi connectivity index (χ2v) is 3.88. The summed E-state index contributed by atoms with van der Waals surface area (Å²) in [5.74, 6) is 0. The fourth-order valence-electron chi connectivity index (χ4n) is 1.85. The second kappa shape index (κ2) is 4.49. The number of nitro groups is 1. The van der Waals surface area contributed by atoms with Crippen LogP contribution in [-0.4, -0.2) is 31.2 Å². The Bertz CT molecular complexity index is 400. The van der Waals surface area contributed by atoms with E-state index in [4.69, 9.17) is 4.74 Å². The number of morpholine rings is 1. The Balaban J connectivity index is 2.28. The number of benzene rings is 1. The van der Waals surface area contributed by atoms with Crippen LogP contribution >= 0.6 is 0 Å². The first kappa shape index (κ1) is 10.9. The summed E-state index contributed by atoms with van der Waals surface area (Å²) in [6.45, 7) is 4.82. The van der Waals surface area contributed by atoms with Gasteiger partial charge in [0, 0.05) is 30.9 Å². The fraction of sp³-hybridized carbons (Fsp3) is 0.455. The molecule has 0 bridgehead atoms. The van der Waals surface area contributed by atoms with Gasteiger partial charge in [0.05, 0.1) is 18.1 Å². The third kappa shape index (κ3) is 2.30. The van der Waals surface area contributed by atoms with Gasteiger partial charge in [0.15, 0.2) is 0 Å². The number of nitrogens with zero attached hydrogens (tertiary/aromatic N) is 2. The van der Waals surface area contributed by atoms with E-state index in [1.165, 1.54) is 0 Å². The maximum atomic E-state index is 10.8. The highest BCUT2D eigenvalue weighted by molar-refractivity contribution is 5.55. The van der Waals surface area contributed by atoms with E-state index in [-0.39, 0.29) is 10.6 Å². The molecule has 1 saturated heterocycles. The molecular weight excluding hydrogens is 208 g/mol. The molecule has 0 saturated carbocycles. The van der Waals surface area contributed by atoms with Gasteiger partial charge >= 0.3 is 0 Å². The van der Waals surface area contributed by atoms with Crippen molar-refractivity contribution >= 4 is 11.4 Å². The Morgan fingerprint density at radius 2 is 2.00 bits per heavy atom. The van der Waals surface area contributed by atoms with Gasteiger partial charge in [-0.15, -0.1) is 0 Å². The molecule has 2 rings (SSSR count). The summed E-state index contributed by atoms with van der Waals surface area (Å²) >= 11 is 0. The number of nitro benzene ring substituents is 1. The lowest BCUT2D eigenvalue weighted by Crippen LogP contribution is -2.36. The first-order valence-electron chi connectivity index (χ1n) is 5.25. The van der Waals surface area contributed by atoms with Crippen molar-refractivity contribution < 1.29 is 9.66 Å². The molecule has 1 aliphatic heterocycles. The molecule has 5 nitrogen and oxygen atoms in total. The minimum atomic E-state index is -0.350. The Morgan fingerprint density at radius 1 is 1.31 bits per heavy atom. The summed E-state index contributed by atoms with van der Waals surface area (Å²) in [6, 6.07) is 5.18. The van der Waals surface area contributed by atoms with Crippen LogP contribution in [0.15, 0.2) is 18.2 Å². The maximum absolute atomic E-state index is 10.8. The molecule has 5 heteroatoms. The summed E-state index contributed by atoms with van der Waals surface area (Å²) in [7, 11) is 0. The van der Waals surface area contributed by atoms with Gasteiger partial charge in [-0.3, -0.25) is 10.1 Å². The van der Waals surface area contributed by atoms with Crippen LogP contribution in [0.3, 0.4) is 0 Å². The van der Waals surface area contributed by atoms with Crippen LogP contribution in [-0.2, 0) is 4.74 Å². The number of non-ortho nitro benzene ring substituents is 1. The Kier molecular flexibility index (Phi) is 3.05. The van der Waals surface area contributed by atoms with Crippen molar-refractivity contribution in [2.75, 3.05) is 31.2 Å². The van der Waals surface area contributed by atoms with Crippen LogP contribution in [0.2, 0.25) is 0 Å². The third-order valence-corrected chi connectivity index (χ3v) is 2.63. The van der Waals surface area contributed by atoms with Gasteiger partial charge in [-0.1, -0.05) is 0 Å². The van der Waals surface area contributed by atoms with E-state index < -0.39 is 0 Å². The number of anilines is 1. The monoisotopic (exact) mass is 222 g/mol. The van der Waals surface area contributed by atoms with E-state index in [1.807, 2.05) is 13.0 Å². The van der Waals surface area contributed by atoms with Crippen molar-refractivity contribution in [3.05, 3.63) is 33.9 Å². The first-order valence-corrected chi connectivity index (χ1v) is 5.25. The number of rotatable bonds is 2. The molecule has 1 aromatic rings. The minimum Gasteiger partial charge on any atom is -0.378 e. The van der Waals surface area contributed by atoms with Gasteiger partial charge in [-0.05, 0) is 18.6 Å². The molecule has 1 heterocycles. The van der Waals surface area contributed by atoms with Gasteiger partial charge < -0.3 is 9.64 Å². The fourth-order valence-corrected chi connectivity index (χ4v) is 1.85. The highest BCUT2D eigenvalue weighted by Gasteiger charge is 2.15. The van der Waals surface area contributed by atoms with E-state index in [0.717, 1.165) is 24.3 Å². The molecule has 1 aliphatic rings. The van der Waals surface area contributed by atoms with E-state index in [1.54, 1.807) is 12.1 Å². The molecule has 0 radical (unpaired) electrons. The first-order chi connectivity index (χ1) is 7.66. The summed E-state index contributed by atoms with van der Waals surface area (Å²) in [6.07, 6.45) is 0. The molecule has 0 spiro atoms. The predicted molar refractivity (Wildman–Crippen MR) is 60.9 cm³/mol. The lowest BCUT2D eigenvalue weighted by atomic mass is 10.1. The Labute approximate surface area is 93.8 Å². The van der Waals surface area contributed by atoms with Crippen LogP contribution in [0.4, 0.5) is 11.4 Å². The zero-order valence-corrected chi connectivity index (χ0v) is 9.18. The Morgan fingerprint density at radius 3 is 2.62 bits per heavy atom. The molecule has 0 atom stereocenters. The molecular formula is C11H14N2O3. The SMILES string of the molecule is Cc1cc(N2CCOCC2)cc([N+](=O)[O-])c1. The molecule has 1 fully saturated rings. The Hall–Kier alpha value is -1.62. The minimum absolute atomic E-state index is 0.154. The average Bonchev–Trinajstić information content (AvgIpc) is 2.29. The highest BCUT2D eigenvalue weighted by atomic mass is 16.6. The summed E-state index contributed by atoms with van der Waals surface area (Å²) in [5.41, 5.74) is 1.98. The molecule has 0 N–H and O–H groups in total. The summed E-state index contributed by atoms with van der Waals surface area (Å²) in [4.78, 5) is 12.5. The van der Waals surface area contributed by atoms with Crippen molar-refractivity contribution in [2.45, 2.75) is 6.92 Å². The van der Waals surface area contributed by atoms with Crippen LogP contribution in [0, 0.1) is 17.0 Å². The molecule has 0 aliphatic carbocycles. The van der Waals surface area contributed by atoms with Crippen molar-refractivity contribution in [1.82, 2.24) is 0 Å². The van der Waals surface area contributed by atoms with E-state index in [0.29, 0.717) is 13.2 Å². The smallest absolute Gasteiger partial charge is 0.271 e. The largest absolute Gasteiger partial charge is 0.378 e. The zero-order chi connectivity index (χ0) is 11.5. The third-order valence-electron chi connectivity index (χ3n) is 2.63. The normalized spacial score (nSPS) is 16.2. The standard InChI is InChI=1S/C11H14N2O3/c1-9-6-10(8-11(7-9)13(14)15)12-2-4-16-5-3-12/h6-8H,2-5H2,1H3. The molecule has 0 amide bonds. The maximum Gasteiger partial charge on any atom is 0.271 e. The van der Waals surface area contributed by atoms with Crippen LogP contribution < -0.4 is 4.90 Å². The van der Waals surface area contributed by atoms with Crippen molar-refractivity contribution in [1.29, 1.82) is 0 Å². The molecule has 0 unspecified atom stereocenters. The highest BCUT2D eigenvalue weighted by Crippen LogP contribution is 2.24. The van der Waals surface area contributed by atoms with Gasteiger partial charge in [-0.2, -0.15) is 0 Å². The zero-order valence-electron chi connectivity index (χ0n) is 9.18. The molecule has 1 aromatic carbocycles. The quantitative estimate of drug-likeness (QED) is 0.565. The predicted octanol–water partition coefficient (Wildman–Crippen LogP) is 1.74. The topological polar surface area (TPSA) is 55.6 Å². The molecule has 0 aromatic heterocycles. The van der Waals surface area contributed by atoms with E-state index in [2.05, 4.69) is 4.90 Å². The van der Waals surface area contributed by atoms with Gasteiger partial charge in [0.25, 0.3) is 5.69 Å². The second-order valence-electron chi connectivity index (χ2n) is 3.88. The van der Waals surface area contributed by atoms with Gasteiger partial charge in [0.1, 0.15) is 0 Å². The van der Waals surface area contributed by atoms with Crippen molar-refractivity contribution in [2.24, 2.45) is 0 Å². The van der Waals surface area contributed by atoms with Gasteiger partial charge in [0.2, 0.25) is 0 Å². The number of hydrogen-bond acceptors (Lipinski definition) is 4. The van der Waals surface area contributed by atoms with E-state index >= 15 is 0 Å². The van der Waals surface area contributed by atoms with Crippen molar-refractivity contribution in [3.8, 4) is 0 Å². The lowest BCUT2D eigenvalue weighted by Gasteiger charge is -2.28. The van der Waals surface area contributed by atoms with Crippen LogP contribution in [0.5, 0.6) is 0 Å². The van der Waals surface area contributed by atoms with Crippen LogP contribution in [0.25, 0.3) is 0 Å². The number of hydrogen-bond donors (Lipinski definition) is 0.